The van der Waals surface area contributed by atoms with Crippen molar-refractivity contribution < 1.29 is 4.21 Å². The van der Waals surface area contributed by atoms with Crippen LogP contribution in [0.2, 0.25) is 0 Å². The maximum Gasteiger partial charge on any atom is 0.0506 e. The molecular formula is C14H29NOS. The van der Waals surface area contributed by atoms with E-state index in [0.29, 0.717) is 16.7 Å². The van der Waals surface area contributed by atoms with Crippen LogP contribution in [0.15, 0.2) is 0 Å². The molecule has 0 aromatic carbocycles. The van der Waals surface area contributed by atoms with Crippen LogP contribution in [0.5, 0.6) is 0 Å². The van der Waals surface area contributed by atoms with Gasteiger partial charge in [-0.2, -0.15) is 0 Å². The molecule has 0 aliphatic heterocycles. The Morgan fingerprint density at radius 2 is 2.00 bits per heavy atom. The van der Waals surface area contributed by atoms with Gasteiger partial charge in [-0.05, 0) is 44.1 Å². The molecule has 0 amide bonds. The molecule has 1 fully saturated rings. The zero-order valence-corrected chi connectivity index (χ0v) is 12.7. The van der Waals surface area contributed by atoms with Crippen LogP contribution in [0, 0.1) is 5.41 Å². The molecule has 0 saturated heterocycles. The Balaban J connectivity index is 2.64. The molecule has 0 aromatic rings. The van der Waals surface area contributed by atoms with Gasteiger partial charge in [-0.1, -0.05) is 27.7 Å². The molecule has 1 saturated carbocycles. The normalized spacial score (nSPS) is 30.1. The Morgan fingerprint density at radius 3 is 2.59 bits per heavy atom. The summed E-state index contributed by atoms with van der Waals surface area (Å²) in [6.45, 7) is 10.0. The van der Waals surface area contributed by atoms with E-state index in [4.69, 9.17) is 0 Å². The molecule has 2 nitrogen and oxygen atoms in total. The Hall–Kier alpha value is 0.110. The summed E-state index contributed by atoms with van der Waals surface area (Å²) in [5.74, 6) is 0.866. The van der Waals surface area contributed by atoms with Crippen LogP contribution in [0.25, 0.3) is 0 Å². The molecule has 3 atom stereocenters. The zero-order chi connectivity index (χ0) is 12.9. The predicted molar refractivity (Wildman–Crippen MR) is 76.8 cm³/mol. The maximum absolute atomic E-state index is 12.3. The lowest BCUT2D eigenvalue weighted by Crippen LogP contribution is -2.48. The molecule has 1 N–H and O–H groups in total. The van der Waals surface area contributed by atoms with Crippen molar-refractivity contribution in [2.45, 2.75) is 71.1 Å². The van der Waals surface area contributed by atoms with Crippen LogP contribution in [0.3, 0.4) is 0 Å². The van der Waals surface area contributed by atoms with E-state index in [0.717, 1.165) is 31.6 Å². The highest BCUT2D eigenvalue weighted by molar-refractivity contribution is 7.85. The second kappa shape index (κ2) is 6.89. The summed E-state index contributed by atoms with van der Waals surface area (Å²) in [5, 5.41) is 3.97. The third kappa shape index (κ3) is 4.70. The van der Waals surface area contributed by atoms with Crippen molar-refractivity contribution in [2.24, 2.45) is 5.41 Å². The Bertz CT molecular complexity index is 253. The van der Waals surface area contributed by atoms with Crippen molar-refractivity contribution in [3.8, 4) is 0 Å². The summed E-state index contributed by atoms with van der Waals surface area (Å²) in [6.07, 6.45) is 5.75. The quantitative estimate of drug-likeness (QED) is 0.794. The van der Waals surface area contributed by atoms with E-state index in [-0.39, 0.29) is 0 Å². The lowest BCUT2D eigenvalue weighted by atomic mass is 9.75. The molecule has 1 aliphatic rings. The largest absolute Gasteiger partial charge is 0.313 e. The highest BCUT2D eigenvalue weighted by Crippen LogP contribution is 2.37. The monoisotopic (exact) mass is 259 g/mol. The van der Waals surface area contributed by atoms with Gasteiger partial charge in [0.05, 0.1) is 5.25 Å². The van der Waals surface area contributed by atoms with Crippen molar-refractivity contribution in [1.82, 2.24) is 5.32 Å². The molecule has 1 rings (SSSR count). The third-order valence-corrected chi connectivity index (χ3v) is 5.72. The first-order chi connectivity index (χ1) is 8.00. The van der Waals surface area contributed by atoms with Gasteiger partial charge >= 0.3 is 0 Å². The minimum atomic E-state index is -0.649. The van der Waals surface area contributed by atoms with Gasteiger partial charge in [-0.3, -0.25) is 4.21 Å². The van der Waals surface area contributed by atoms with Crippen LogP contribution in [-0.2, 0) is 10.8 Å². The molecular weight excluding hydrogens is 230 g/mol. The van der Waals surface area contributed by atoms with Crippen molar-refractivity contribution in [3.05, 3.63) is 0 Å². The summed E-state index contributed by atoms with van der Waals surface area (Å²) in [6, 6.07) is 0.482. The topological polar surface area (TPSA) is 29.1 Å². The summed E-state index contributed by atoms with van der Waals surface area (Å²) in [5.41, 5.74) is 0.373. The fraction of sp³-hybridized carbons (Fsp3) is 1.00. The van der Waals surface area contributed by atoms with Crippen LogP contribution in [0.4, 0.5) is 0 Å². The molecule has 102 valence electrons. The lowest BCUT2D eigenvalue weighted by Gasteiger charge is -2.40. The second-order valence-electron chi connectivity index (χ2n) is 6.09. The van der Waals surface area contributed by atoms with Gasteiger partial charge in [0, 0.05) is 22.6 Å². The van der Waals surface area contributed by atoms with Gasteiger partial charge in [0.25, 0.3) is 0 Å². The van der Waals surface area contributed by atoms with Gasteiger partial charge in [-0.15, -0.1) is 0 Å². The molecule has 1 aliphatic carbocycles. The van der Waals surface area contributed by atoms with E-state index >= 15 is 0 Å². The first-order valence-electron chi connectivity index (χ1n) is 7.10. The molecule has 0 heterocycles. The van der Waals surface area contributed by atoms with Crippen LogP contribution < -0.4 is 5.32 Å². The van der Waals surface area contributed by atoms with E-state index in [1.807, 2.05) is 0 Å². The molecule has 3 heteroatoms. The Labute approximate surface area is 109 Å². The van der Waals surface area contributed by atoms with Crippen molar-refractivity contribution in [2.75, 3.05) is 12.3 Å². The standard InChI is InChI=1S/C14H29NOS/c1-5-9-15-12-7-8-14(3,4)11-13(12)17(16)10-6-2/h12-13,15H,5-11H2,1-4H3. The molecule has 0 bridgehead atoms. The van der Waals surface area contributed by atoms with Gasteiger partial charge in [0.1, 0.15) is 0 Å². The maximum atomic E-state index is 12.3. The smallest absolute Gasteiger partial charge is 0.0506 e. The average Bonchev–Trinajstić information content (AvgIpc) is 2.27. The molecule has 0 spiro atoms. The van der Waals surface area contributed by atoms with Crippen LogP contribution in [-0.4, -0.2) is 27.8 Å². The number of nitrogens with one attached hydrogen (secondary N) is 1. The Kier molecular flexibility index (Phi) is 6.14. The zero-order valence-electron chi connectivity index (χ0n) is 11.9. The fourth-order valence-electron chi connectivity index (χ4n) is 2.71. The average molecular weight is 259 g/mol. The number of hydrogen-bond acceptors (Lipinski definition) is 2. The van der Waals surface area contributed by atoms with E-state index in [1.165, 1.54) is 12.8 Å². The highest BCUT2D eigenvalue weighted by atomic mass is 32.2. The summed E-state index contributed by atoms with van der Waals surface area (Å²) in [4.78, 5) is 0. The van der Waals surface area contributed by atoms with E-state index in [9.17, 15) is 4.21 Å². The third-order valence-electron chi connectivity index (χ3n) is 3.73. The summed E-state index contributed by atoms with van der Waals surface area (Å²) < 4.78 is 12.3. The molecule has 0 aromatic heterocycles. The molecule has 0 radical (unpaired) electrons. The van der Waals surface area contributed by atoms with Crippen molar-refractivity contribution >= 4 is 10.8 Å². The van der Waals surface area contributed by atoms with Gasteiger partial charge in [-0.25, -0.2) is 0 Å². The highest BCUT2D eigenvalue weighted by Gasteiger charge is 2.37. The lowest BCUT2D eigenvalue weighted by molar-refractivity contribution is 0.212. The minimum absolute atomic E-state index is 0.366. The number of hydrogen-bond donors (Lipinski definition) is 1. The van der Waals surface area contributed by atoms with Crippen molar-refractivity contribution in [3.63, 3.8) is 0 Å². The fourth-order valence-corrected chi connectivity index (χ4v) is 4.65. The molecule has 17 heavy (non-hydrogen) atoms. The SMILES string of the molecule is CCCNC1CCC(C)(C)CC1S(=O)CCC. The number of rotatable bonds is 6. The van der Waals surface area contributed by atoms with Gasteiger partial charge in [0.15, 0.2) is 0 Å². The predicted octanol–water partition coefficient (Wildman–Crippen LogP) is 3.09. The van der Waals surface area contributed by atoms with E-state index < -0.39 is 10.8 Å². The minimum Gasteiger partial charge on any atom is -0.313 e. The van der Waals surface area contributed by atoms with Crippen LogP contribution in [0.1, 0.15) is 59.8 Å². The molecule has 3 unspecified atom stereocenters. The first kappa shape index (κ1) is 15.2. The summed E-state index contributed by atoms with van der Waals surface area (Å²) in [7, 11) is -0.649. The first-order valence-corrected chi connectivity index (χ1v) is 8.49. The summed E-state index contributed by atoms with van der Waals surface area (Å²) >= 11 is 0. The Morgan fingerprint density at radius 1 is 1.29 bits per heavy atom. The van der Waals surface area contributed by atoms with Crippen molar-refractivity contribution in [1.29, 1.82) is 0 Å². The second-order valence-corrected chi connectivity index (χ2v) is 7.87. The van der Waals surface area contributed by atoms with Gasteiger partial charge in [0.2, 0.25) is 0 Å². The van der Waals surface area contributed by atoms with Gasteiger partial charge < -0.3 is 5.32 Å². The van der Waals surface area contributed by atoms with Crippen LogP contribution >= 0.6 is 0 Å². The van der Waals surface area contributed by atoms with E-state index in [1.54, 1.807) is 0 Å². The van der Waals surface area contributed by atoms with E-state index in [2.05, 4.69) is 33.0 Å².